The van der Waals surface area contributed by atoms with Gasteiger partial charge in [0, 0.05) is 0 Å². The molecule has 0 atom stereocenters. The molecule has 0 aromatic rings. The summed E-state index contributed by atoms with van der Waals surface area (Å²) in [4.78, 5) is 0. The van der Waals surface area contributed by atoms with Gasteiger partial charge in [-0.1, -0.05) is 0 Å². The second kappa shape index (κ2) is 2.22. The number of hydrogen-bond acceptors (Lipinski definition) is 5. The third-order valence-electron chi connectivity index (χ3n) is 0.287. The van der Waals surface area contributed by atoms with E-state index in [2.05, 4.69) is 8.52 Å². The van der Waals surface area contributed by atoms with Crippen LogP contribution < -0.4 is 5.26 Å². The van der Waals surface area contributed by atoms with Crippen LogP contribution in [0.25, 0.3) is 0 Å². The van der Waals surface area contributed by atoms with Crippen LogP contribution in [-0.4, -0.2) is 15.5 Å². The van der Waals surface area contributed by atoms with Crippen LogP contribution in [-0.2, 0) is 18.9 Å². The molecule has 0 heterocycles. The van der Waals surface area contributed by atoms with E-state index in [0.717, 1.165) is 7.11 Å². The first kappa shape index (κ1) is 6.83. The molecule has 0 aromatic heterocycles. The zero-order chi connectivity index (χ0) is 5.91. The maximum Gasteiger partial charge on any atom is 0.390 e. The van der Waals surface area contributed by atoms with Crippen LogP contribution in [0.1, 0.15) is 0 Å². The molecule has 0 rings (SSSR count). The average Bonchev–Trinajstić information content (AvgIpc) is 1.68. The van der Waals surface area contributed by atoms with Crippen molar-refractivity contribution in [2.75, 3.05) is 7.11 Å². The third-order valence-corrected chi connectivity index (χ3v) is 0.862. The molecule has 0 saturated carbocycles. The van der Waals surface area contributed by atoms with Crippen molar-refractivity contribution < 1.29 is 22.2 Å². The zero-order valence-corrected chi connectivity index (χ0v) is 4.27. The molecule has 0 saturated heterocycles. The molecule has 0 N–H and O–H groups in total. The lowest BCUT2D eigenvalue weighted by Crippen LogP contribution is -2.15. The molecule has 0 radical (unpaired) electrons. The Labute approximate surface area is 40.7 Å². The van der Waals surface area contributed by atoms with Crippen molar-refractivity contribution >= 4 is 10.4 Å². The minimum Gasteiger partial charge on any atom is -0.705 e. The topological polar surface area (TPSA) is 75.7 Å². The molecule has 0 aliphatic heterocycles. The second-order valence-corrected chi connectivity index (χ2v) is 1.93. The summed E-state index contributed by atoms with van der Waals surface area (Å²) in [5.41, 5.74) is 0. The molecule has 6 heteroatoms. The smallest absolute Gasteiger partial charge is 0.390 e. The van der Waals surface area contributed by atoms with Crippen molar-refractivity contribution in [2.24, 2.45) is 0 Å². The summed E-state index contributed by atoms with van der Waals surface area (Å²) < 4.78 is 25.3. The van der Waals surface area contributed by atoms with E-state index in [9.17, 15) is 8.42 Å². The quantitative estimate of drug-likeness (QED) is 0.322. The molecule has 5 nitrogen and oxygen atoms in total. The summed E-state index contributed by atoms with van der Waals surface area (Å²) >= 11 is 0. The highest BCUT2D eigenvalue weighted by Gasteiger charge is 1.97. The van der Waals surface area contributed by atoms with Crippen molar-refractivity contribution in [2.45, 2.75) is 0 Å². The van der Waals surface area contributed by atoms with Gasteiger partial charge < -0.3 is 9.59 Å². The summed E-state index contributed by atoms with van der Waals surface area (Å²) in [6, 6.07) is 0. The van der Waals surface area contributed by atoms with Crippen molar-refractivity contribution in [3.05, 3.63) is 0 Å². The maximum absolute atomic E-state index is 9.61. The predicted octanol–water partition coefficient (Wildman–Crippen LogP) is -1.83. The number of rotatable bonds is 2. The minimum atomic E-state index is -4.21. The van der Waals surface area contributed by atoms with E-state index < -0.39 is 10.4 Å². The highest BCUT2D eigenvalue weighted by molar-refractivity contribution is 7.81. The fourth-order valence-corrected chi connectivity index (χ4v) is 0.0833. The third kappa shape index (κ3) is 2.52. The molecule has 0 aliphatic rings. The van der Waals surface area contributed by atoms with Crippen LogP contribution in [0.5, 0.6) is 0 Å². The van der Waals surface area contributed by atoms with Crippen LogP contribution in [0.15, 0.2) is 0 Å². The molecular weight excluding hydrogens is 124 g/mol. The van der Waals surface area contributed by atoms with E-state index in [0.29, 0.717) is 0 Å². The molecular formula is CH3O5S-. The van der Waals surface area contributed by atoms with Gasteiger partial charge in [-0.3, -0.25) is 4.18 Å². The highest BCUT2D eigenvalue weighted by Crippen LogP contribution is 1.82. The maximum atomic E-state index is 9.61. The Balaban J connectivity index is 3.89. The van der Waals surface area contributed by atoms with Crippen molar-refractivity contribution in [1.29, 1.82) is 0 Å². The minimum absolute atomic E-state index is 0.827. The van der Waals surface area contributed by atoms with Crippen LogP contribution in [0, 0.1) is 0 Å². The summed E-state index contributed by atoms with van der Waals surface area (Å²) in [5, 5.41) is 8.97. The molecule has 0 amide bonds. The van der Waals surface area contributed by atoms with E-state index in [1.54, 1.807) is 0 Å². The Morgan fingerprint density at radius 3 is 2.00 bits per heavy atom. The van der Waals surface area contributed by atoms with Gasteiger partial charge in [-0.15, -0.1) is 0 Å². The Morgan fingerprint density at radius 1 is 1.57 bits per heavy atom. The molecule has 0 bridgehead atoms. The number of hydrogen-bond donors (Lipinski definition) is 0. The van der Waals surface area contributed by atoms with Gasteiger partial charge in [0.2, 0.25) is 0 Å². The molecule has 0 aromatic carbocycles. The van der Waals surface area contributed by atoms with Gasteiger partial charge in [-0.2, -0.15) is 8.42 Å². The first-order valence-corrected chi connectivity index (χ1v) is 2.57. The molecule has 7 heavy (non-hydrogen) atoms. The van der Waals surface area contributed by atoms with Gasteiger partial charge >= 0.3 is 10.4 Å². The first-order chi connectivity index (χ1) is 3.12. The molecule has 44 valence electrons. The first-order valence-electron chi connectivity index (χ1n) is 1.24. The van der Waals surface area contributed by atoms with E-state index in [-0.39, 0.29) is 0 Å². The molecule has 0 aliphatic carbocycles. The largest absolute Gasteiger partial charge is 0.705 e. The van der Waals surface area contributed by atoms with Gasteiger partial charge in [0.25, 0.3) is 0 Å². The van der Waals surface area contributed by atoms with Crippen molar-refractivity contribution in [3.63, 3.8) is 0 Å². The van der Waals surface area contributed by atoms with Gasteiger partial charge in [-0.25, -0.2) is 0 Å². The Morgan fingerprint density at radius 2 is 2.00 bits per heavy atom. The average molecular weight is 127 g/mol. The molecule has 0 spiro atoms. The Kier molecular flexibility index (Phi) is 2.16. The zero-order valence-electron chi connectivity index (χ0n) is 3.45. The van der Waals surface area contributed by atoms with Gasteiger partial charge in [0.05, 0.1) is 7.11 Å². The van der Waals surface area contributed by atoms with Crippen molar-refractivity contribution in [1.82, 2.24) is 0 Å². The van der Waals surface area contributed by atoms with E-state index in [4.69, 9.17) is 5.26 Å². The lowest BCUT2D eigenvalue weighted by atomic mass is 11.8. The normalized spacial score (nSPS) is 11.7. The lowest BCUT2D eigenvalue weighted by Gasteiger charge is -2.01. The summed E-state index contributed by atoms with van der Waals surface area (Å²) in [5.74, 6) is 0. The summed E-state index contributed by atoms with van der Waals surface area (Å²) in [6.07, 6.45) is 0. The van der Waals surface area contributed by atoms with Crippen LogP contribution in [0.4, 0.5) is 0 Å². The van der Waals surface area contributed by atoms with Gasteiger partial charge in [0.15, 0.2) is 0 Å². The fourth-order valence-electron chi connectivity index (χ4n) is 0.0278. The lowest BCUT2D eigenvalue weighted by molar-refractivity contribution is -0.637. The van der Waals surface area contributed by atoms with Crippen LogP contribution in [0.2, 0.25) is 0 Å². The van der Waals surface area contributed by atoms with E-state index in [1.165, 1.54) is 0 Å². The van der Waals surface area contributed by atoms with E-state index in [1.807, 2.05) is 0 Å². The molecule has 0 unspecified atom stereocenters. The highest BCUT2D eigenvalue weighted by atomic mass is 32.3. The van der Waals surface area contributed by atoms with Crippen LogP contribution >= 0.6 is 0 Å². The fraction of sp³-hybridized carbons (Fsp3) is 1.00. The standard InChI is InChI=1S/CH4O5S/c1-5-7(3,4)6-2/h2H,1H3/p-1. The summed E-state index contributed by atoms with van der Waals surface area (Å²) in [6.45, 7) is 0. The monoisotopic (exact) mass is 127 g/mol. The Hall–Kier alpha value is -0.170. The van der Waals surface area contributed by atoms with Crippen LogP contribution in [0.3, 0.4) is 0 Å². The Bertz CT molecular complexity index is 111. The predicted molar refractivity (Wildman–Crippen MR) is 17.0 cm³/mol. The molecule has 0 fully saturated rings. The second-order valence-electron chi connectivity index (χ2n) is 0.643. The van der Waals surface area contributed by atoms with E-state index >= 15 is 0 Å². The van der Waals surface area contributed by atoms with Gasteiger partial charge in [0.1, 0.15) is 0 Å². The summed E-state index contributed by atoms with van der Waals surface area (Å²) in [7, 11) is -3.39. The van der Waals surface area contributed by atoms with Gasteiger partial charge in [-0.05, 0) is 0 Å². The SMILES string of the molecule is COS(=O)(=O)O[O-]. The van der Waals surface area contributed by atoms with Crippen molar-refractivity contribution in [3.8, 4) is 0 Å².